The van der Waals surface area contributed by atoms with E-state index >= 15 is 0 Å². The molecule has 1 saturated heterocycles. The third kappa shape index (κ3) is 3.73. The van der Waals surface area contributed by atoms with Gasteiger partial charge >= 0.3 is 0 Å². The standard InChI is InChI=1S/C21H24N2O2/c1-3-13-22-15-20(24)23(16(2)21(22)25)14-17-9-11-19(12-10-17)18-7-5-4-6-8-18/h4-12,16H,3,13-15H2,1-2H3/t16-/m0/s1. The van der Waals surface area contributed by atoms with Crippen LogP contribution in [0.15, 0.2) is 54.6 Å². The SMILES string of the molecule is CCCN1CC(=O)N(Cc2ccc(-c3ccccc3)cc2)[C@@H](C)C1=O. The van der Waals surface area contributed by atoms with E-state index in [1.54, 1.807) is 9.80 Å². The van der Waals surface area contributed by atoms with E-state index in [1.165, 1.54) is 5.56 Å². The highest BCUT2D eigenvalue weighted by molar-refractivity contribution is 5.94. The van der Waals surface area contributed by atoms with Crippen LogP contribution in [0.1, 0.15) is 25.8 Å². The summed E-state index contributed by atoms with van der Waals surface area (Å²) in [6, 6.07) is 18.0. The average Bonchev–Trinajstić information content (AvgIpc) is 2.64. The number of amides is 2. The van der Waals surface area contributed by atoms with Gasteiger partial charge in [0.1, 0.15) is 6.04 Å². The van der Waals surface area contributed by atoms with Gasteiger partial charge in [-0.1, -0.05) is 61.5 Å². The first-order chi connectivity index (χ1) is 12.1. The van der Waals surface area contributed by atoms with Gasteiger partial charge < -0.3 is 9.80 Å². The highest BCUT2D eigenvalue weighted by Crippen LogP contribution is 2.21. The zero-order valence-corrected chi connectivity index (χ0v) is 14.8. The number of carbonyl (C=O) groups is 2. The minimum atomic E-state index is -0.401. The zero-order chi connectivity index (χ0) is 17.8. The van der Waals surface area contributed by atoms with Crippen LogP contribution in [0.4, 0.5) is 0 Å². The monoisotopic (exact) mass is 336 g/mol. The van der Waals surface area contributed by atoms with Crippen LogP contribution in [0.25, 0.3) is 11.1 Å². The van der Waals surface area contributed by atoms with Gasteiger partial charge in [-0.05, 0) is 30.0 Å². The van der Waals surface area contributed by atoms with Crippen molar-refractivity contribution in [2.75, 3.05) is 13.1 Å². The van der Waals surface area contributed by atoms with Gasteiger partial charge in [-0.3, -0.25) is 9.59 Å². The molecule has 2 aromatic rings. The number of rotatable bonds is 5. The van der Waals surface area contributed by atoms with Crippen molar-refractivity contribution >= 4 is 11.8 Å². The van der Waals surface area contributed by atoms with Crippen LogP contribution in [0.3, 0.4) is 0 Å². The molecule has 4 nitrogen and oxygen atoms in total. The fraction of sp³-hybridized carbons (Fsp3) is 0.333. The third-order valence-corrected chi connectivity index (χ3v) is 4.69. The van der Waals surface area contributed by atoms with Crippen molar-refractivity contribution in [3.63, 3.8) is 0 Å². The fourth-order valence-corrected chi connectivity index (χ4v) is 3.26. The van der Waals surface area contributed by atoms with Gasteiger partial charge in [-0.15, -0.1) is 0 Å². The molecule has 25 heavy (non-hydrogen) atoms. The minimum Gasteiger partial charge on any atom is -0.332 e. The van der Waals surface area contributed by atoms with Crippen LogP contribution < -0.4 is 0 Å². The van der Waals surface area contributed by atoms with Crippen LogP contribution in [-0.2, 0) is 16.1 Å². The Bertz CT molecular complexity index is 740. The smallest absolute Gasteiger partial charge is 0.245 e. The van der Waals surface area contributed by atoms with Crippen molar-refractivity contribution < 1.29 is 9.59 Å². The molecular weight excluding hydrogens is 312 g/mol. The maximum absolute atomic E-state index is 12.5. The van der Waals surface area contributed by atoms with E-state index < -0.39 is 6.04 Å². The van der Waals surface area contributed by atoms with Gasteiger partial charge in [0.15, 0.2) is 0 Å². The summed E-state index contributed by atoms with van der Waals surface area (Å²) >= 11 is 0. The molecule has 0 radical (unpaired) electrons. The number of nitrogens with zero attached hydrogens (tertiary/aromatic N) is 2. The quantitative estimate of drug-likeness (QED) is 0.840. The van der Waals surface area contributed by atoms with Crippen molar-refractivity contribution in [3.05, 3.63) is 60.2 Å². The molecule has 1 aliphatic rings. The molecule has 0 spiro atoms. The van der Waals surface area contributed by atoms with E-state index in [9.17, 15) is 9.59 Å². The van der Waals surface area contributed by atoms with E-state index in [2.05, 4.69) is 24.3 Å². The number of hydrogen-bond acceptors (Lipinski definition) is 2. The lowest BCUT2D eigenvalue weighted by molar-refractivity contribution is -0.155. The molecule has 1 fully saturated rings. The molecule has 4 heteroatoms. The largest absolute Gasteiger partial charge is 0.332 e. The van der Waals surface area contributed by atoms with Gasteiger partial charge in [0.05, 0.1) is 6.54 Å². The molecule has 0 saturated carbocycles. The highest BCUT2D eigenvalue weighted by atomic mass is 16.2. The molecule has 0 unspecified atom stereocenters. The molecule has 3 rings (SSSR count). The van der Waals surface area contributed by atoms with Crippen molar-refractivity contribution in [1.82, 2.24) is 9.80 Å². The van der Waals surface area contributed by atoms with Crippen LogP contribution in [0.2, 0.25) is 0 Å². The van der Waals surface area contributed by atoms with Gasteiger partial charge in [0.2, 0.25) is 11.8 Å². The first kappa shape index (κ1) is 17.2. The number of carbonyl (C=O) groups excluding carboxylic acids is 2. The fourth-order valence-electron chi connectivity index (χ4n) is 3.26. The van der Waals surface area contributed by atoms with Crippen LogP contribution in [-0.4, -0.2) is 40.7 Å². The molecule has 1 atom stereocenters. The predicted octanol–water partition coefficient (Wildman–Crippen LogP) is 3.32. The Hall–Kier alpha value is -2.62. The van der Waals surface area contributed by atoms with Gasteiger partial charge in [0.25, 0.3) is 0 Å². The minimum absolute atomic E-state index is 0.0210. The first-order valence-electron chi connectivity index (χ1n) is 8.82. The first-order valence-corrected chi connectivity index (χ1v) is 8.82. The molecule has 0 N–H and O–H groups in total. The van der Waals surface area contributed by atoms with Crippen molar-refractivity contribution in [2.24, 2.45) is 0 Å². The second-order valence-electron chi connectivity index (χ2n) is 6.52. The molecule has 2 aromatic carbocycles. The van der Waals surface area contributed by atoms with E-state index in [4.69, 9.17) is 0 Å². The highest BCUT2D eigenvalue weighted by Gasteiger charge is 2.35. The lowest BCUT2D eigenvalue weighted by atomic mass is 10.0. The lowest BCUT2D eigenvalue weighted by Crippen LogP contribution is -2.58. The molecule has 1 heterocycles. The molecule has 130 valence electrons. The maximum atomic E-state index is 12.5. The van der Waals surface area contributed by atoms with Crippen LogP contribution in [0, 0.1) is 0 Å². The molecule has 0 aliphatic carbocycles. The van der Waals surface area contributed by atoms with Crippen molar-refractivity contribution in [2.45, 2.75) is 32.9 Å². The summed E-state index contributed by atoms with van der Waals surface area (Å²) in [6.07, 6.45) is 0.868. The summed E-state index contributed by atoms with van der Waals surface area (Å²) in [7, 11) is 0. The van der Waals surface area contributed by atoms with Crippen molar-refractivity contribution in [3.8, 4) is 11.1 Å². The van der Waals surface area contributed by atoms with Gasteiger partial charge in [-0.25, -0.2) is 0 Å². The Kier molecular flexibility index (Phi) is 5.17. The molecule has 2 amide bonds. The Balaban J connectivity index is 1.72. The Morgan fingerprint density at radius 2 is 1.60 bits per heavy atom. The number of benzene rings is 2. The predicted molar refractivity (Wildman–Crippen MR) is 98.8 cm³/mol. The second-order valence-corrected chi connectivity index (χ2v) is 6.52. The number of piperazine rings is 1. The lowest BCUT2D eigenvalue weighted by Gasteiger charge is -2.38. The normalized spacial score (nSPS) is 17.9. The second kappa shape index (κ2) is 7.51. The summed E-state index contributed by atoms with van der Waals surface area (Å²) in [6.45, 7) is 5.15. The maximum Gasteiger partial charge on any atom is 0.245 e. The van der Waals surface area contributed by atoms with E-state index in [0.29, 0.717) is 13.1 Å². The third-order valence-electron chi connectivity index (χ3n) is 4.69. The van der Waals surface area contributed by atoms with Gasteiger partial charge in [0, 0.05) is 13.1 Å². The zero-order valence-electron chi connectivity index (χ0n) is 14.8. The summed E-state index contributed by atoms with van der Waals surface area (Å²) < 4.78 is 0. The topological polar surface area (TPSA) is 40.6 Å². The molecule has 0 bridgehead atoms. The number of hydrogen-bond donors (Lipinski definition) is 0. The van der Waals surface area contributed by atoms with Crippen molar-refractivity contribution in [1.29, 1.82) is 0 Å². The average molecular weight is 336 g/mol. The van der Waals surface area contributed by atoms with E-state index in [0.717, 1.165) is 17.5 Å². The van der Waals surface area contributed by atoms with Crippen LogP contribution >= 0.6 is 0 Å². The summed E-state index contributed by atoms with van der Waals surface area (Å²) in [4.78, 5) is 28.2. The van der Waals surface area contributed by atoms with E-state index in [1.807, 2.05) is 44.2 Å². The Morgan fingerprint density at radius 1 is 0.960 bits per heavy atom. The Morgan fingerprint density at radius 3 is 2.24 bits per heavy atom. The summed E-state index contributed by atoms with van der Waals surface area (Å²) in [5, 5.41) is 0. The summed E-state index contributed by atoms with van der Waals surface area (Å²) in [5.41, 5.74) is 3.35. The Labute approximate surface area is 149 Å². The molecule has 0 aromatic heterocycles. The van der Waals surface area contributed by atoms with Gasteiger partial charge in [-0.2, -0.15) is 0 Å². The molecule has 1 aliphatic heterocycles. The molecular formula is C21H24N2O2. The van der Waals surface area contributed by atoms with E-state index in [-0.39, 0.29) is 18.4 Å². The summed E-state index contributed by atoms with van der Waals surface area (Å²) in [5.74, 6) is 0.0649. The van der Waals surface area contributed by atoms with Crippen LogP contribution in [0.5, 0.6) is 0 Å².